The number of sulfonamides is 1. The van der Waals surface area contributed by atoms with E-state index >= 15 is 0 Å². The van der Waals surface area contributed by atoms with Gasteiger partial charge in [-0.25, -0.2) is 8.42 Å². The summed E-state index contributed by atoms with van der Waals surface area (Å²) in [6.45, 7) is 3.52. The fourth-order valence-corrected chi connectivity index (χ4v) is 3.51. The van der Waals surface area contributed by atoms with Crippen LogP contribution in [0, 0.1) is 5.41 Å². The highest BCUT2D eigenvalue weighted by Gasteiger charge is 2.45. The fourth-order valence-electron chi connectivity index (χ4n) is 2.68. The van der Waals surface area contributed by atoms with Gasteiger partial charge in [0.2, 0.25) is 10.0 Å². The number of rotatable bonds is 5. The first kappa shape index (κ1) is 14.5. The van der Waals surface area contributed by atoms with E-state index in [0.717, 1.165) is 32.5 Å². The SMILES string of the molecule is CS(=O)(=O)N1CCN(CC2(CC(N)=NO)CC2)CC1. The third-order valence-electron chi connectivity index (χ3n) is 4.00. The summed E-state index contributed by atoms with van der Waals surface area (Å²) in [5.74, 6) is 0.285. The van der Waals surface area contributed by atoms with E-state index in [1.165, 1.54) is 10.6 Å². The van der Waals surface area contributed by atoms with Crippen LogP contribution in [0.25, 0.3) is 0 Å². The summed E-state index contributed by atoms with van der Waals surface area (Å²) in [6, 6.07) is 0. The number of amidine groups is 1. The zero-order valence-electron chi connectivity index (χ0n) is 11.2. The number of piperazine rings is 1. The molecule has 2 rings (SSSR count). The molecule has 19 heavy (non-hydrogen) atoms. The first-order chi connectivity index (χ1) is 8.85. The summed E-state index contributed by atoms with van der Waals surface area (Å²) in [5.41, 5.74) is 5.72. The lowest BCUT2D eigenvalue weighted by Crippen LogP contribution is -2.49. The van der Waals surface area contributed by atoms with Gasteiger partial charge < -0.3 is 15.8 Å². The lowest BCUT2D eigenvalue weighted by molar-refractivity contribution is 0.159. The molecule has 1 aliphatic heterocycles. The standard InChI is InChI=1S/C11H22N4O3S/c1-19(17,18)15-6-4-14(5-7-15)9-11(2-3-11)8-10(12)13-16/h16H,2-9H2,1H3,(H2,12,13). The molecule has 1 saturated heterocycles. The predicted molar refractivity (Wildman–Crippen MR) is 72.5 cm³/mol. The predicted octanol–water partition coefficient (Wildman–Crippen LogP) is -0.520. The van der Waals surface area contributed by atoms with Gasteiger partial charge in [-0.2, -0.15) is 4.31 Å². The summed E-state index contributed by atoms with van der Waals surface area (Å²) >= 11 is 0. The first-order valence-corrected chi connectivity index (χ1v) is 8.33. The van der Waals surface area contributed by atoms with E-state index in [4.69, 9.17) is 10.9 Å². The minimum Gasteiger partial charge on any atom is -0.409 e. The van der Waals surface area contributed by atoms with Crippen molar-refractivity contribution in [2.75, 3.05) is 39.0 Å². The topological polar surface area (TPSA) is 99.2 Å². The summed E-state index contributed by atoms with van der Waals surface area (Å²) in [5, 5.41) is 11.7. The maximum Gasteiger partial charge on any atom is 0.211 e. The molecule has 0 spiro atoms. The molecule has 0 bridgehead atoms. The van der Waals surface area contributed by atoms with Gasteiger partial charge >= 0.3 is 0 Å². The van der Waals surface area contributed by atoms with Crippen molar-refractivity contribution in [2.45, 2.75) is 19.3 Å². The highest BCUT2D eigenvalue weighted by Crippen LogP contribution is 2.49. The molecular weight excluding hydrogens is 268 g/mol. The second kappa shape index (κ2) is 5.26. The van der Waals surface area contributed by atoms with E-state index in [2.05, 4.69) is 10.1 Å². The van der Waals surface area contributed by atoms with Crippen LogP contribution in [0.3, 0.4) is 0 Å². The van der Waals surface area contributed by atoms with Gasteiger partial charge in [-0.3, -0.25) is 0 Å². The van der Waals surface area contributed by atoms with Crippen molar-refractivity contribution in [1.29, 1.82) is 0 Å². The summed E-state index contributed by atoms with van der Waals surface area (Å²) in [6.07, 6.45) is 4.06. The van der Waals surface area contributed by atoms with Crippen molar-refractivity contribution in [3.63, 3.8) is 0 Å². The molecule has 0 amide bonds. The Kier molecular flexibility index (Phi) is 4.03. The average Bonchev–Trinajstić information content (AvgIpc) is 3.08. The van der Waals surface area contributed by atoms with Crippen LogP contribution in [0.5, 0.6) is 0 Å². The normalized spacial score (nSPS) is 25.4. The highest BCUT2D eigenvalue weighted by atomic mass is 32.2. The molecule has 0 aromatic heterocycles. The molecular formula is C11H22N4O3S. The number of nitrogens with two attached hydrogens (primary N) is 1. The molecule has 1 aliphatic carbocycles. The van der Waals surface area contributed by atoms with E-state index in [0.29, 0.717) is 19.5 Å². The van der Waals surface area contributed by atoms with Crippen LogP contribution in [0.1, 0.15) is 19.3 Å². The molecule has 7 nitrogen and oxygen atoms in total. The Balaban J connectivity index is 1.83. The molecule has 0 aromatic rings. The average molecular weight is 290 g/mol. The number of hydrogen-bond donors (Lipinski definition) is 2. The number of oxime groups is 1. The molecule has 0 radical (unpaired) electrons. The first-order valence-electron chi connectivity index (χ1n) is 6.49. The molecule has 1 saturated carbocycles. The van der Waals surface area contributed by atoms with Crippen molar-refractivity contribution in [2.24, 2.45) is 16.3 Å². The molecule has 3 N–H and O–H groups in total. The van der Waals surface area contributed by atoms with E-state index in [9.17, 15) is 8.42 Å². The molecule has 0 unspecified atom stereocenters. The van der Waals surface area contributed by atoms with Crippen LogP contribution in [-0.4, -0.2) is 67.6 Å². The van der Waals surface area contributed by atoms with E-state index < -0.39 is 10.0 Å². The second-order valence-corrected chi connectivity index (χ2v) is 7.69. The fraction of sp³-hybridized carbons (Fsp3) is 0.909. The van der Waals surface area contributed by atoms with E-state index in [-0.39, 0.29) is 11.3 Å². The van der Waals surface area contributed by atoms with Crippen LogP contribution in [0.2, 0.25) is 0 Å². The zero-order valence-corrected chi connectivity index (χ0v) is 12.1. The molecule has 0 aromatic carbocycles. The van der Waals surface area contributed by atoms with Crippen molar-refractivity contribution >= 4 is 15.9 Å². The van der Waals surface area contributed by atoms with E-state index in [1.54, 1.807) is 0 Å². The number of nitrogens with zero attached hydrogens (tertiary/aromatic N) is 3. The van der Waals surface area contributed by atoms with Crippen molar-refractivity contribution in [3.05, 3.63) is 0 Å². The Labute approximate surface area is 114 Å². The van der Waals surface area contributed by atoms with Gasteiger partial charge in [0.15, 0.2) is 0 Å². The Bertz CT molecular complexity index is 451. The van der Waals surface area contributed by atoms with E-state index in [1.807, 2.05) is 0 Å². The number of hydrogen-bond acceptors (Lipinski definition) is 5. The Hall–Kier alpha value is -0.860. The van der Waals surface area contributed by atoms with Crippen LogP contribution in [-0.2, 0) is 10.0 Å². The minimum atomic E-state index is -3.07. The van der Waals surface area contributed by atoms with Crippen LogP contribution in [0.15, 0.2) is 5.16 Å². The van der Waals surface area contributed by atoms with Gasteiger partial charge in [-0.05, 0) is 18.3 Å². The molecule has 110 valence electrons. The van der Waals surface area contributed by atoms with Crippen molar-refractivity contribution in [3.8, 4) is 0 Å². The van der Waals surface area contributed by atoms with Crippen molar-refractivity contribution < 1.29 is 13.6 Å². The smallest absolute Gasteiger partial charge is 0.211 e. The van der Waals surface area contributed by atoms with Gasteiger partial charge in [-0.15, -0.1) is 0 Å². The van der Waals surface area contributed by atoms with Crippen molar-refractivity contribution in [1.82, 2.24) is 9.21 Å². The quantitative estimate of drug-likeness (QED) is 0.307. The maximum absolute atomic E-state index is 11.4. The van der Waals surface area contributed by atoms with Gasteiger partial charge in [0.05, 0.1) is 6.26 Å². The molecule has 2 fully saturated rings. The van der Waals surface area contributed by atoms with Gasteiger partial charge in [0.25, 0.3) is 0 Å². The van der Waals surface area contributed by atoms with Gasteiger partial charge in [0.1, 0.15) is 5.84 Å². The third-order valence-corrected chi connectivity index (χ3v) is 5.30. The summed E-state index contributed by atoms with van der Waals surface area (Å²) < 4.78 is 24.4. The molecule has 0 atom stereocenters. The third kappa shape index (κ3) is 3.80. The molecule has 1 heterocycles. The lowest BCUT2D eigenvalue weighted by atomic mass is 10.0. The largest absolute Gasteiger partial charge is 0.409 e. The summed E-state index contributed by atoms with van der Waals surface area (Å²) in [7, 11) is -3.07. The monoisotopic (exact) mass is 290 g/mol. The van der Waals surface area contributed by atoms with Gasteiger partial charge in [0, 0.05) is 39.1 Å². The van der Waals surface area contributed by atoms with Crippen LogP contribution >= 0.6 is 0 Å². The highest BCUT2D eigenvalue weighted by molar-refractivity contribution is 7.88. The zero-order chi connectivity index (χ0) is 14.1. The summed E-state index contributed by atoms with van der Waals surface area (Å²) in [4.78, 5) is 2.28. The Morgan fingerprint density at radius 1 is 1.32 bits per heavy atom. The Morgan fingerprint density at radius 2 is 1.89 bits per heavy atom. The van der Waals surface area contributed by atoms with Crippen LogP contribution < -0.4 is 5.73 Å². The minimum absolute atomic E-state index is 0.142. The van der Waals surface area contributed by atoms with Gasteiger partial charge in [-0.1, -0.05) is 5.16 Å². The van der Waals surface area contributed by atoms with Crippen LogP contribution in [0.4, 0.5) is 0 Å². The lowest BCUT2D eigenvalue weighted by Gasteiger charge is -2.35. The molecule has 8 heteroatoms. The Morgan fingerprint density at radius 3 is 2.32 bits per heavy atom. The maximum atomic E-state index is 11.4. The molecule has 2 aliphatic rings. The second-order valence-electron chi connectivity index (χ2n) is 5.71.